The van der Waals surface area contributed by atoms with E-state index in [0.29, 0.717) is 16.8 Å². The monoisotopic (exact) mass is 292 g/mol. The predicted octanol–water partition coefficient (Wildman–Crippen LogP) is 1.89. The first kappa shape index (κ1) is 14.2. The number of hydrogen-bond donors (Lipinski definition) is 3. The van der Waals surface area contributed by atoms with Crippen LogP contribution in [0.1, 0.15) is 32.0 Å². The molecule has 0 aliphatic rings. The van der Waals surface area contributed by atoms with Crippen LogP contribution in [0, 0.1) is 6.92 Å². The van der Waals surface area contributed by atoms with Crippen molar-refractivity contribution in [3.05, 3.63) is 46.6 Å². The third kappa shape index (κ3) is 2.84. The second kappa shape index (κ2) is 5.81. The summed E-state index contributed by atoms with van der Waals surface area (Å²) in [6.07, 6.45) is 0. The molecule has 1 heterocycles. The number of hydrogen-bond acceptors (Lipinski definition) is 5. The standard InChI is InChI=1S/C13H12N2O4S/c1-7-10(13(18)19)12(20-15-7)14-11(17)9-4-2-8(6-16)3-5-9/h2-5,16H,6H2,1H3,(H,14,17)(H,18,19). The summed E-state index contributed by atoms with van der Waals surface area (Å²) in [5, 5.41) is 20.8. The van der Waals surface area contributed by atoms with Gasteiger partial charge in [0.25, 0.3) is 5.91 Å². The second-order valence-electron chi connectivity index (χ2n) is 4.09. The van der Waals surface area contributed by atoms with E-state index in [2.05, 4.69) is 9.69 Å². The minimum absolute atomic E-state index is 0.00956. The number of aliphatic hydroxyl groups excluding tert-OH is 1. The normalized spacial score (nSPS) is 10.3. The summed E-state index contributed by atoms with van der Waals surface area (Å²) < 4.78 is 3.92. The van der Waals surface area contributed by atoms with Gasteiger partial charge >= 0.3 is 5.97 Å². The topological polar surface area (TPSA) is 99.5 Å². The summed E-state index contributed by atoms with van der Waals surface area (Å²) >= 11 is 0.932. The van der Waals surface area contributed by atoms with E-state index in [1.165, 1.54) is 0 Å². The number of aryl methyl sites for hydroxylation is 1. The van der Waals surface area contributed by atoms with Crippen LogP contribution >= 0.6 is 11.5 Å². The van der Waals surface area contributed by atoms with Gasteiger partial charge in [-0.3, -0.25) is 4.79 Å². The smallest absolute Gasteiger partial charge is 0.340 e. The predicted molar refractivity (Wildman–Crippen MR) is 74.1 cm³/mol. The molecule has 7 heteroatoms. The lowest BCUT2D eigenvalue weighted by atomic mass is 10.1. The summed E-state index contributed by atoms with van der Waals surface area (Å²) in [5.41, 5.74) is 1.45. The van der Waals surface area contributed by atoms with Crippen molar-refractivity contribution < 1.29 is 19.8 Å². The summed E-state index contributed by atoms with van der Waals surface area (Å²) in [6.45, 7) is 1.48. The first-order valence-electron chi connectivity index (χ1n) is 5.73. The average Bonchev–Trinajstić information content (AvgIpc) is 2.79. The van der Waals surface area contributed by atoms with Crippen molar-refractivity contribution in [1.29, 1.82) is 0 Å². The first-order valence-corrected chi connectivity index (χ1v) is 6.51. The summed E-state index contributed by atoms with van der Waals surface area (Å²) in [6, 6.07) is 6.39. The molecule has 1 aromatic carbocycles. The third-order valence-corrected chi connectivity index (χ3v) is 3.56. The van der Waals surface area contributed by atoms with Crippen molar-refractivity contribution in [3.8, 4) is 0 Å². The molecule has 0 aliphatic heterocycles. The third-order valence-electron chi connectivity index (χ3n) is 2.70. The Balaban J connectivity index is 2.21. The van der Waals surface area contributed by atoms with Gasteiger partial charge in [0.15, 0.2) is 0 Å². The fourth-order valence-corrected chi connectivity index (χ4v) is 2.43. The van der Waals surface area contributed by atoms with Crippen molar-refractivity contribution in [2.75, 3.05) is 5.32 Å². The lowest BCUT2D eigenvalue weighted by molar-refractivity contribution is 0.0697. The minimum Gasteiger partial charge on any atom is -0.478 e. The second-order valence-corrected chi connectivity index (χ2v) is 4.86. The fourth-order valence-electron chi connectivity index (χ4n) is 1.64. The molecule has 2 rings (SSSR count). The van der Waals surface area contributed by atoms with E-state index in [4.69, 9.17) is 10.2 Å². The Morgan fingerprint density at radius 1 is 1.30 bits per heavy atom. The number of anilines is 1. The average molecular weight is 292 g/mol. The molecule has 1 aromatic heterocycles. The molecule has 0 saturated heterocycles. The van der Waals surface area contributed by atoms with E-state index in [1.54, 1.807) is 31.2 Å². The minimum atomic E-state index is -1.12. The van der Waals surface area contributed by atoms with Crippen molar-refractivity contribution in [2.45, 2.75) is 13.5 Å². The Labute approximate surface area is 118 Å². The van der Waals surface area contributed by atoms with Gasteiger partial charge < -0.3 is 15.5 Å². The van der Waals surface area contributed by atoms with Gasteiger partial charge in [0.1, 0.15) is 10.6 Å². The quantitative estimate of drug-likeness (QED) is 0.799. The molecule has 0 spiro atoms. The van der Waals surface area contributed by atoms with Crippen molar-refractivity contribution in [1.82, 2.24) is 4.37 Å². The van der Waals surface area contributed by atoms with Crippen molar-refractivity contribution in [2.24, 2.45) is 0 Å². The maximum absolute atomic E-state index is 12.0. The number of nitrogens with one attached hydrogen (secondary N) is 1. The number of amides is 1. The molecule has 20 heavy (non-hydrogen) atoms. The van der Waals surface area contributed by atoms with Gasteiger partial charge in [-0.05, 0) is 36.2 Å². The van der Waals surface area contributed by atoms with Crippen LogP contribution in [-0.2, 0) is 6.61 Å². The van der Waals surface area contributed by atoms with Gasteiger partial charge in [0.2, 0.25) is 0 Å². The van der Waals surface area contributed by atoms with Crippen LogP contribution in [0.25, 0.3) is 0 Å². The Bertz CT molecular complexity index is 649. The number of benzene rings is 1. The van der Waals surface area contributed by atoms with E-state index in [1.807, 2.05) is 0 Å². The van der Waals surface area contributed by atoms with Crippen molar-refractivity contribution >= 4 is 28.4 Å². The fraction of sp³-hybridized carbons (Fsp3) is 0.154. The zero-order valence-electron chi connectivity index (χ0n) is 10.6. The van der Waals surface area contributed by atoms with Gasteiger partial charge in [0.05, 0.1) is 12.3 Å². The van der Waals surface area contributed by atoms with E-state index in [0.717, 1.165) is 11.5 Å². The molecule has 0 saturated carbocycles. The zero-order valence-corrected chi connectivity index (χ0v) is 11.4. The summed E-state index contributed by atoms with van der Waals surface area (Å²) in [5.74, 6) is -1.54. The molecular formula is C13H12N2O4S. The molecule has 1 amide bonds. The number of carbonyl (C=O) groups excluding carboxylic acids is 1. The number of aromatic nitrogens is 1. The number of nitrogens with zero attached hydrogens (tertiary/aromatic N) is 1. The number of aromatic carboxylic acids is 1. The zero-order chi connectivity index (χ0) is 14.7. The number of rotatable bonds is 4. The van der Waals surface area contributed by atoms with Gasteiger partial charge in [-0.15, -0.1) is 0 Å². The highest BCUT2D eigenvalue weighted by Crippen LogP contribution is 2.25. The lowest BCUT2D eigenvalue weighted by Crippen LogP contribution is -2.13. The molecule has 3 N–H and O–H groups in total. The SMILES string of the molecule is Cc1nsc(NC(=O)c2ccc(CO)cc2)c1C(=O)O. The van der Waals surface area contributed by atoms with E-state index < -0.39 is 11.9 Å². The molecule has 0 atom stereocenters. The molecule has 0 bridgehead atoms. The highest BCUT2D eigenvalue weighted by atomic mass is 32.1. The molecule has 6 nitrogen and oxygen atoms in total. The Hall–Kier alpha value is -2.25. The number of carbonyl (C=O) groups is 2. The summed E-state index contributed by atoms with van der Waals surface area (Å²) in [7, 11) is 0. The highest BCUT2D eigenvalue weighted by Gasteiger charge is 2.19. The molecule has 0 aliphatic carbocycles. The van der Waals surface area contributed by atoms with Crippen LogP contribution in [0.3, 0.4) is 0 Å². The molecule has 104 valence electrons. The largest absolute Gasteiger partial charge is 0.478 e. The molecule has 2 aromatic rings. The molecule has 0 fully saturated rings. The Morgan fingerprint density at radius 2 is 1.95 bits per heavy atom. The van der Waals surface area contributed by atoms with Crippen LogP contribution < -0.4 is 5.32 Å². The Kier molecular flexibility index (Phi) is 4.11. The molecule has 0 radical (unpaired) electrons. The van der Waals surface area contributed by atoms with Crippen LogP contribution in [0.5, 0.6) is 0 Å². The van der Waals surface area contributed by atoms with Crippen LogP contribution in [0.15, 0.2) is 24.3 Å². The lowest BCUT2D eigenvalue weighted by Gasteiger charge is -2.04. The number of carboxylic acid groups (broad SMARTS) is 1. The van der Waals surface area contributed by atoms with Gasteiger partial charge in [-0.1, -0.05) is 12.1 Å². The van der Waals surface area contributed by atoms with Crippen LogP contribution in [-0.4, -0.2) is 26.5 Å². The van der Waals surface area contributed by atoms with Gasteiger partial charge in [-0.25, -0.2) is 4.79 Å². The molecular weight excluding hydrogens is 280 g/mol. The first-order chi connectivity index (χ1) is 9.52. The molecule has 0 unspecified atom stereocenters. The summed E-state index contributed by atoms with van der Waals surface area (Å²) in [4.78, 5) is 23.1. The van der Waals surface area contributed by atoms with Crippen LogP contribution in [0.2, 0.25) is 0 Å². The number of aliphatic hydroxyl groups is 1. The van der Waals surface area contributed by atoms with Gasteiger partial charge in [0, 0.05) is 5.56 Å². The van der Waals surface area contributed by atoms with Crippen molar-refractivity contribution in [3.63, 3.8) is 0 Å². The van der Waals surface area contributed by atoms with E-state index >= 15 is 0 Å². The maximum atomic E-state index is 12.0. The Morgan fingerprint density at radius 3 is 2.50 bits per heavy atom. The van der Waals surface area contributed by atoms with Gasteiger partial charge in [-0.2, -0.15) is 4.37 Å². The maximum Gasteiger partial charge on any atom is 0.340 e. The van der Waals surface area contributed by atoms with E-state index in [-0.39, 0.29) is 17.2 Å². The highest BCUT2D eigenvalue weighted by molar-refractivity contribution is 7.11. The van der Waals surface area contributed by atoms with Crippen LogP contribution in [0.4, 0.5) is 5.00 Å². The van der Waals surface area contributed by atoms with E-state index in [9.17, 15) is 9.59 Å². The number of carboxylic acids is 1.